The van der Waals surface area contributed by atoms with Gasteiger partial charge in [-0.05, 0) is 44.0 Å². The first-order valence-corrected chi connectivity index (χ1v) is 12.9. The smallest absolute Gasteiger partial charge is 0.261 e. The van der Waals surface area contributed by atoms with E-state index in [-0.39, 0.29) is 33.8 Å². The number of hydrogen-bond acceptors (Lipinski definition) is 8. The Bertz CT molecular complexity index is 1430. The lowest BCUT2D eigenvalue weighted by Crippen LogP contribution is -2.28. The molecule has 0 saturated heterocycles. The average molecular weight is 486 g/mol. The van der Waals surface area contributed by atoms with E-state index < -0.39 is 22.0 Å². The third kappa shape index (κ3) is 4.32. The van der Waals surface area contributed by atoms with E-state index in [1.165, 1.54) is 31.3 Å². The summed E-state index contributed by atoms with van der Waals surface area (Å²) in [5.74, 6) is 0.0325. The normalized spacial score (nSPS) is 20.6. The second-order valence-corrected chi connectivity index (χ2v) is 11.0. The molecule has 1 aliphatic carbocycles. The van der Waals surface area contributed by atoms with Gasteiger partial charge >= 0.3 is 0 Å². The van der Waals surface area contributed by atoms with E-state index in [1.807, 2.05) is 0 Å². The van der Waals surface area contributed by atoms with Gasteiger partial charge in [0.2, 0.25) is 0 Å². The number of aromatic nitrogens is 3. The van der Waals surface area contributed by atoms with Crippen molar-refractivity contribution in [1.29, 1.82) is 5.26 Å². The predicted molar refractivity (Wildman–Crippen MR) is 126 cm³/mol. The summed E-state index contributed by atoms with van der Waals surface area (Å²) in [5, 5.41) is 38.0. The highest BCUT2D eigenvalue weighted by atomic mass is 32.2. The Kier molecular flexibility index (Phi) is 6.24. The number of aromatic amines is 1. The second kappa shape index (κ2) is 8.87. The van der Waals surface area contributed by atoms with Gasteiger partial charge in [-0.2, -0.15) is 10.4 Å². The summed E-state index contributed by atoms with van der Waals surface area (Å²) in [5.41, 5.74) is -1.17. The molecule has 1 aliphatic rings. The first-order valence-electron chi connectivity index (χ1n) is 11.0. The quantitative estimate of drug-likeness (QED) is 0.414. The number of nitriles is 1. The van der Waals surface area contributed by atoms with Crippen LogP contribution in [0.4, 0.5) is 11.5 Å². The Hall–Kier alpha value is -3.20. The number of nitrogens with zero attached hydrogens (tertiary/aromatic N) is 3. The van der Waals surface area contributed by atoms with E-state index in [1.54, 1.807) is 10.7 Å². The molecule has 0 spiro atoms. The van der Waals surface area contributed by atoms with E-state index in [9.17, 15) is 28.7 Å². The molecule has 1 fully saturated rings. The molecule has 4 rings (SSSR count). The van der Waals surface area contributed by atoms with Crippen LogP contribution in [-0.2, 0) is 15.4 Å². The molecule has 4 N–H and O–H groups in total. The van der Waals surface area contributed by atoms with Crippen molar-refractivity contribution in [2.24, 2.45) is 5.92 Å². The lowest BCUT2D eigenvalue weighted by molar-refractivity contribution is -0.00451. The maximum absolute atomic E-state index is 12.7. The molecule has 1 saturated carbocycles. The third-order valence-electron chi connectivity index (χ3n) is 6.37. The lowest BCUT2D eigenvalue weighted by atomic mass is 9.85. The van der Waals surface area contributed by atoms with Gasteiger partial charge in [0.25, 0.3) is 5.56 Å². The summed E-state index contributed by atoms with van der Waals surface area (Å²) in [7, 11) is -3.68. The van der Waals surface area contributed by atoms with Crippen molar-refractivity contribution in [3.63, 3.8) is 0 Å². The number of hydrogen-bond donors (Lipinski definition) is 4. The van der Waals surface area contributed by atoms with E-state index in [0.29, 0.717) is 16.6 Å². The third-order valence-corrected chi connectivity index (χ3v) is 7.52. The first kappa shape index (κ1) is 23.9. The van der Waals surface area contributed by atoms with Gasteiger partial charge in [0.15, 0.2) is 15.7 Å². The van der Waals surface area contributed by atoms with E-state index in [0.717, 1.165) is 31.9 Å². The second-order valence-electron chi connectivity index (χ2n) is 8.99. The Morgan fingerprint density at radius 3 is 2.74 bits per heavy atom. The zero-order valence-corrected chi connectivity index (χ0v) is 19.8. The summed E-state index contributed by atoms with van der Waals surface area (Å²) in [6.45, 7) is 0.633. The highest BCUT2D eigenvalue weighted by Crippen LogP contribution is 2.37. The maximum Gasteiger partial charge on any atom is 0.261 e. The Morgan fingerprint density at radius 2 is 2.06 bits per heavy atom. The SMILES string of the molecule is CC(O)(CO)c1cc(Nc2nn([C@H]3CCCC[C@@H]3C#N)c3cc[nH]c(=O)c23)ccc1S(C)(=O)=O. The van der Waals surface area contributed by atoms with Gasteiger partial charge < -0.3 is 20.5 Å². The Morgan fingerprint density at radius 1 is 1.32 bits per heavy atom. The van der Waals surface area contributed by atoms with Gasteiger partial charge in [-0.1, -0.05) is 12.8 Å². The molecule has 0 amide bonds. The van der Waals surface area contributed by atoms with Gasteiger partial charge in [0, 0.05) is 23.7 Å². The minimum Gasteiger partial charge on any atom is -0.393 e. The van der Waals surface area contributed by atoms with Crippen LogP contribution in [0.1, 0.15) is 44.2 Å². The number of aliphatic hydroxyl groups is 2. The number of pyridine rings is 1. The number of sulfone groups is 1. The topological polar surface area (TPSA) is 161 Å². The molecule has 180 valence electrons. The van der Waals surface area contributed by atoms with Crippen LogP contribution in [0.3, 0.4) is 0 Å². The molecule has 2 heterocycles. The van der Waals surface area contributed by atoms with E-state index in [2.05, 4.69) is 21.5 Å². The zero-order chi connectivity index (χ0) is 24.7. The highest BCUT2D eigenvalue weighted by Gasteiger charge is 2.31. The molecule has 3 atom stereocenters. The number of benzene rings is 1. The van der Waals surface area contributed by atoms with Gasteiger partial charge in [-0.15, -0.1) is 0 Å². The fraction of sp³-hybridized carbons (Fsp3) is 0.435. The molecule has 1 aromatic carbocycles. The number of aliphatic hydroxyl groups excluding tert-OH is 1. The number of rotatable bonds is 6. The summed E-state index contributed by atoms with van der Waals surface area (Å²) in [6.07, 6.45) is 6.03. The first-order chi connectivity index (χ1) is 16.1. The van der Waals surface area contributed by atoms with Crippen molar-refractivity contribution >= 4 is 32.2 Å². The Labute approximate surface area is 196 Å². The molecule has 0 bridgehead atoms. The molecule has 0 radical (unpaired) electrons. The van der Waals surface area contributed by atoms with Crippen LogP contribution < -0.4 is 10.9 Å². The lowest BCUT2D eigenvalue weighted by Gasteiger charge is -2.27. The van der Waals surface area contributed by atoms with E-state index >= 15 is 0 Å². The van der Waals surface area contributed by atoms with Crippen LogP contribution in [0.2, 0.25) is 0 Å². The fourth-order valence-corrected chi connectivity index (χ4v) is 5.56. The molecule has 2 aromatic heterocycles. The van der Waals surface area contributed by atoms with Crippen molar-refractivity contribution in [3.8, 4) is 6.07 Å². The maximum atomic E-state index is 12.7. The highest BCUT2D eigenvalue weighted by molar-refractivity contribution is 7.90. The number of nitrogens with one attached hydrogen (secondary N) is 2. The molecule has 1 unspecified atom stereocenters. The summed E-state index contributed by atoms with van der Waals surface area (Å²) >= 11 is 0. The summed E-state index contributed by atoms with van der Waals surface area (Å²) in [4.78, 5) is 15.3. The number of fused-ring (bicyclic) bond motifs is 1. The molecule has 11 heteroatoms. The van der Waals surface area contributed by atoms with Gasteiger partial charge in [-0.3, -0.25) is 9.48 Å². The van der Waals surface area contributed by atoms with Crippen molar-refractivity contribution in [2.45, 2.75) is 49.1 Å². The number of anilines is 2. The van der Waals surface area contributed by atoms with E-state index in [4.69, 9.17) is 0 Å². The minimum absolute atomic E-state index is 0.0250. The van der Waals surface area contributed by atoms with Crippen LogP contribution in [0.5, 0.6) is 0 Å². The monoisotopic (exact) mass is 485 g/mol. The van der Waals surface area contributed by atoms with Crippen molar-refractivity contribution in [2.75, 3.05) is 18.2 Å². The van der Waals surface area contributed by atoms with Crippen LogP contribution in [0, 0.1) is 17.2 Å². The average Bonchev–Trinajstić information content (AvgIpc) is 3.17. The summed E-state index contributed by atoms with van der Waals surface area (Å²) < 4.78 is 26.2. The minimum atomic E-state index is -3.68. The van der Waals surface area contributed by atoms with Gasteiger partial charge in [-0.25, -0.2) is 8.42 Å². The zero-order valence-electron chi connectivity index (χ0n) is 18.9. The molecule has 10 nitrogen and oxygen atoms in total. The van der Waals surface area contributed by atoms with Crippen molar-refractivity contribution < 1.29 is 18.6 Å². The number of H-pyrrole nitrogens is 1. The largest absolute Gasteiger partial charge is 0.393 e. The van der Waals surface area contributed by atoms with Crippen LogP contribution in [-0.4, -0.2) is 46.3 Å². The van der Waals surface area contributed by atoms with Crippen LogP contribution in [0.25, 0.3) is 10.9 Å². The molecule has 0 aliphatic heterocycles. The van der Waals surface area contributed by atoms with Crippen LogP contribution in [0.15, 0.2) is 40.2 Å². The van der Waals surface area contributed by atoms with Gasteiger partial charge in [0.05, 0.1) is 35.0 Å². The van der Waals surface area contributed by atoms with Crippen LogP contribution >= 0.6 is 0 Å². The fourth-order valence-electron chi connectivity index (χ4n) is 4.57. The van der Waals surface area contributed by atoms with Crippen molar-refractivity contribution in [3.05, 3.63) is 46.4 Å². The molecule has 3 aromatic rings. The standard InChI is InChI=1S/C23H27N5O5S/c1-23(31,13-29)16-11-15(7-8-19(16)34(2,32)33)26-21-20-18(9-10-25-22(20)30)28(27-21)17-6-4-3-5-14(17)12-24/h7-11,14,17,29,31H,3-6,13H2,1-2H3,(H,25,30)(H,26,27)/t14-,17+,23?/m1/s1. The Balaban J connectivity index is 1.84. The summed E-state index contributed by atoms with van der Waals surface area (Å²) in [6, 6.07) is 8.21. The predicted octanol–water partition coefficient (Wildman–Crippen LogP) is 2.33. The molecular weight excluding hydrogens is 458 g/mol. The molecule has 34 heavy (non-hydrogen) atoms. The van der Waals surface area contributed by atoms with Gasteiger partial charge in [0.1, 0.15) is 11.0 Å². The van der Waals surface area contributed by atoms with Crippen molar-refractivity contribution in [1.82, 2.24) is 14.8 Å². The molecular formula is C23H27N5O5S.